The molecule has 0 saturated carbocycles. The lowest BCUT2D eigenvalue weighted by atomic mass is 9.98. The van der Waals surface area contributed by atoms with Crippen molar-refractivity contribution in [3.63, 3.8) is 0 Å². The van der Waals surface area contributed by atoms with Crippen molar-refractivity contribution in [1.29, 1.82) is 0 Å². The van der Waals surface area contributed by atoms with Gasteiger partial charge >= 0.3 is 0 Å². The second-order valence-electron chi connectivity index (χ2n) is 4.91. The smallest absolute Gasteiger partial charge is 0.278 e. The van der Waals surface area contributed by atoms with E-state index in [0.717, 1.165) is 0 Å². The van der Waals surface area contributed by atoms with Gasteiger partial charge in [0.25, 0.3) is 15.6 Å². The SMILES string of the molecule is C[C@H]1CC(O)[C@@](CN=[N+]=[N-])(COP(=O)([O-])OP(=O)([O-])OP(=O)([O-])[O-])O1. The van der Waals surface area contributed by atoms with Gasteiger partial charge in [0.2, 0.25) is 0 Å². The third-order valence-corrected chi connectivity index (χ3v) is 6.51. The van der Waals surface area contributed by atoms with Crippen LogP contribution in [0.5, 0.6) is 0 Å². The van der Waals surface area contributed by atoms with Crippen LogP contribution in [0.3, 0.4) is 0 Å². The Labute approximate surface area is 140 Å². The number of hydrogen-bond acceptors (Lipinski definition) is 13. The van der Waals surface area contributed by atoms with E-state index in [9.17, 15) is 38.4 Å². The molecular formula is C7H12N3O12P3-4. The Morgan fingerprint density at radius 1 is 1.28 bits per heavy atom. The summed E-state index contributed by atoms with van der Waals surface area (Å²) in [6.45, 7) is -0.0599. The summed E-state index contributed by atoms with van der Waals surface area (Å²) >= 11 is 0. The molecule has 0 radical (unpaired) electrons. The molecule has 15 nitrogen and oxygen atoms in total. The standard InChI is InChI=1S/C7H16N3O12P3/c1-5-2-6(11)7(20-5,3-9-10-8)4-19-24(15,16)22-25(17,18)21-23(12,13)14/h5-6,11H,2-4H2,1H3,(H,15,16)(H,17,18)(H2,12,13,14)/p-4/t5-,6?,7+/m0/s1. The molecule has 18 heteroatoms. The van der Waals surface area contributed by atoms with E-state index in [0.29, 0.717) is 0 Å². The Morgan fingerprint density at radius 2 is 1.88 bits per heavy atom. The number of hydrogen-bond donors (Lipinski definition) is 1. The predicted octanol–water partition coefficient (Wildman–Crippen LogP) is -1.98. The molecular weight excluding hydrogens is 411 g/mol. The lowest BCUT2D eigenvalue weighted by molar-refractivity contribution is -0.339. The van der Waals surface area contributed by atoms with E-state index in [1.54, 1.807) is 0 Å². The zero-order chi connectivity index (χ0) is 19.5. The first-order valence-corrected chi connectivity index (χ1v) is 10.7. The van der Waals surface area contributed by atoms with E-state index in [1.165, 1.54) is 6.92 Å². The number of phosphoric ester groups is 1. The molecule has 5 atom stereocenters. The minimum Gasteiger partial charge on any atom is -0.790 e. The highest BCUT2D eigenvalue weighted by Gasteiger charge is 2.47. The maximum atomic E-state index is 11.5. The van der Waals surface area contributed by atoms with Gasteiger partial charge in [0.05, 0.1) is 33.2 Å². The second kappa shape index (κ2) is 8.12. The topological polar surface area (TPSA) is 249 Å². The third kappa shape index (κ3) is 7.41. The first-order chi connectivity index (χ1) is 11.2. The van der Waals surface area contributed by atoms with Gasteiger partial charge in [-0.1, -0.05) is 5.11 Å². The number of azide groups is 1. The van der Waals surface area contributed by atoms with Crippen LogP contribution >= 0.6 is 23.5 Å². The Hall–Kier alpha value is -0.360. The van der Waals surface area contributed by atoms with Gasteiger partial charge in [-0.15, -0.1) is 0 Å². The molecule has 1 aliphatic rings. The van der Waals surface area contributed by atoms with Crippen LogP contribution in [0.15, 0.2) is 5.11 Å². The summed E-state index contributed by atoms with van der Waals surface area (Å²) in [4.78, 5) is 45.4. The lowest BCUT2D eigenvalue weighted by Crippen LogP contribution is -2.47. The van der Waals surface area contributed by atoms with Crippen molar-refractivity contribution in [2.45, 2.75) is 31.2 Å². The Bertz CT molecular complexity index is 675. The molecule has 1 aliphatic heterocycles. The summed E-state index contributed by atoms with van der Waals surface area (Å²) in [5.41, 5.74) is 6.53. The summed E-state index contributed by atoms with van der Waals surface area (Å²) in [7, 11) is -17.9. The first-order valence-electron chi connectivity index (χ1n) is 6.28. The van der Waals surface area contributed by atoms with Crippen molar-refractivity contribution in [3.05, 3.63) is 10.4 Å². The lowest BCUT2D eigenvalue weighted by Gasteiger charge is -2.38. The van der Waals surface area contributed by atoms with Crippen molar-refractivity contribution in [2.24, 2.45) is 5.11 Å². The van der Waals surface area contributed by atoms with Crippen LogP contribution in [0.25, 0.3) is 10.4 Å². The molecule has 1 heterocycles. The Kier molecular flexibility index (Phi) is 7.36. The molecule has 0 aromatic rings. The second-order valence-corrected chi connectivity index (χ2v) is 9.16. The predicted molar refractivity (Wildman–Crippen MR) is 68.9 cm³/mol. The van der Waals surface area contributed by atoms with Crippen molar-refractivity contribution in [1.82, 2.24) is 0 Å². The van der Waals surface area contributed by atoms with E-state index in [2.05, 4.69) is 23.2 Å². The number of aliphatic hydroxyl groups excluding tert-OH is 1. The van der Waals surface area contributed by atoms with Gasteiger partial charge in [0, 0.05) is 11.3 Å². The molecule has 0 aromatic carbocycles. The largest absolute Gasteiger partial charge is 0.790 e. The van der Waals surface area contributed by atoms with Crippen LogP contribution in [0, 0.1) is 0 Å². The fraction of sp³-hybridized carbons (Fsp3) is 1.00. The van der Waals surface area contributed by atoms with E-state index in [-0.39, 0.29) is 6.42 Å². The quantitative estimate of drug-likeness (QED) is 0.183. The summed E-state index contributed by atoms with van der Waals surface area (Å²) in [6.07, 6.45) is -1.86. The van der Waals surface area contributed by atoms with Gasteiger partial charge in [0.1, 0.15) is 5.60 Å². The average molecular weight is 423 g/mol. The molecule has 25 heavy (non-hydrogen) atoms. The highest BCUT2D eigenvalue weighted by molar-refractivity contribution is 7.64. The molecule has 1 saturated heterocycles. The molecule has 0 bridgehead atoms. The normalized spacial score (nSPS) is 31.8. The molecule has 1 N–H and O–H groups in total. The first kappa shape index (κ1) is 22.7. The highest BCUT2D eigenvalue weighted by atomic mass is 31.3. The zero-order valence-electron chi connectivity index (χ0n) is 12.4. The van der Waals surface area contributed by atoms with Crippen LogP contribution in [0.4, 0.5) is 0 Å². The molecule has 0 spiro atoms. The molecule has 3 unspecified atom stereocenters. The van der Waals surface area contributed by atoms with Crippen LogP contribution < -0.4 is 19.6 Å². The number of ether oxygens (including phenoxy) is 1. The number of rotatable bonds is 9. The van der Waals surface area contributed by atoms with E-state index in [1.807, 2.05) is 0 Å². The van der Waals surface area contributed by atoms with Gasteiger partial charge in [-0.25, -0.2) is 4.31 Å². The van der Waals surface area contributed by atoms with Crippen LogP contribution in [0.2, 0.25) is 0 Å². The molecule has 1 fully saturated rings. The summed E-state index contributed by atoms with van der Waals surface area (Å²) in [5, 5.41) is 13.1. The van der Waals surface area contributed by atoms with Gasteiger partial charge in [0.15, 0.2) is 0 Å². The number of nitrogens with zero attached hydrogens (tertiary/aromatic N) is 3. The minimum atomic E-state index is -6.10. The van der Waals surface area contributed by atoms with Crippen LogP contribution in [-0.4, -0.2) is 36.1 Å². The van der Waals surface area contributed by atoms with Crippen LogP contribution in [-0.2, 0) is 31.6 Å². The van der Waals surface area contributed by atoms with Crippen LogP contribution in [0.1, 0.15) is 13.3 Å². The van der Waals surface area contributed by atoms with Crippen molar-refractivity contribution < 1.29 is 56.3 Å². The van der Waals surface area contributed by atoms with Gasteiger partial charge in [-0.3, -0.25) is 13.4 Å². The highest BCUT2D eigenvalue weighted by Crippen LogP contribution is 2.60. The molecule has 0 aliphatic carbocycles. The van der Waals surface area contributed by atoms with E-state index >= 15 is 0 Å². The number of aliphatic hydroxyl groups is 1. The summed E-state index contributed by atoms with van der Waals surface area (Å²) in [5.74, 6) is 0. The molecule has 0 aromatic heterocycles. The maximum absolute atomic E-state index is 11.5. The Morgan fingerprint density at radius 3 is 2.32 bits per heavy atom. The number of phosphoric acid groups is 3. The third-order valence-electron chi connectivity index (χ3n) is 2.87. The van der Waals surface area contributed by atoms with Gasteiger partial charge < -0.3 is 38.5 Å². The van der Waals surface area contributed by atoms with E-state index in [4.69, 9.17) is 10.3 Å². The maximum Gasteiger partial charge on any atom is 0.278 e. The van der Waals surface area contributed by atoms with Crippen molar-refractivity contribution >= 4 is 23.5 Å². The molecule has 0 amide bonds. The van der Waals surface area contributed by atoms with Gasteiger partial charge in [-0.05, 0) is 12.5 Å². The monoisotopic (exact) mass is 423 g/mol. The van der Waals surface area contributed by atoms with Crippen molar-refractivity contribution in [3.8, 4) is 0 Å². The van der Waals surface area contributed by atoms with E-state index < -0.39 is 54.4 Å². The fourth-order valence-electron chi connectivity index (χ4n) is 2.00. The zero-order valence-corrected chi connectivity index (χ0v) is 15.1. The van der Waals surface area contributed by atoms with Gasteiger partial charge in [-0.2, -0.15) is 0 Å². The summed E-state index contributed by atoms with van der Waals surface area (Å²) in [6, 6.07) is 0. The minimum absolute atomic E-state index is 0.0348. The van der Waals surface area contributed by atoms with Crippen molar-refractivity contribution in [2.75, 3.05) is 13.2 Å². The fourth-order valence-corrected chi connectivity index (χ4v) is 4.91. The molecule has 1 rings (SSSR count). The average Bonchev–Trinajstić information content (AvgIpc) is 2.65. The summed E-state index contributed by atoms with van der Waals surface area (Å²) < 4.78 is 48.7. The Balaban J connectivity index is 2.84. The molecule has 146 valence electrons.